The summed E-state index contributed by atoms with van der Waals surface area (Å²) in [6.45, 7) is 6.93. The molecule has 0 atom stereocenters. The van der Waals surface area contributed by atoms with Crippen LogP contribution in [0.1, 0.15) is 62.2 Å². The van der Waals surface area contributed by atoms with E-state index in [1.165, 1.54) is 18.2 Å². The van der Waals surface area contributed by atoms with Crippen LogP contribution in [0.2, 0.25) is 0 Å². The SMILES string of the molecule is CC(C)(C)OC(=O)N1CCC(c2nc(COc3ccc(/C=C4\CC(=O)NC4=O)cc3F)cs2)CC1. The highest BCUT2D eigenvalue weighted by atomic mass is 32.1. The molecule has 0 spiro atoms. The molecule has 3 heterocycles. The Hall–Kier alpha value is -3.27. The van der Waals surface area contributed by atoms with Gasteiger partial charge in [-0.3, -0.25) is 14.9 Å². The van der Waals surface area contributed by atoms with Gasteiger partial charge in [0, 0.05) is 30.0 Å². The summed E-state index contributed by atoms with van der Waals surface area (Å²) >= 11 is 1.54. The highest BCUT2D eigenvalue weighted by Gasteiger charge is 2.29. The van der Waals surface area contributed by atoms with Gasteiger partial charge in [0.15, 0.2) is 11.6 Å². The Labute approximate surface area is 207 Å². The number of halogens is 1. The zero-order valence-corrected chi connectivity index (χ0v) is 20.7. The van der Waals surface area contributed by atoms with Crippen molar-refractivity contribution in [1.82, 2.24) is 15.2 Å². The van der Waals surface area contributed by atoms with Gasteiger partial charge in [-0.1, -0.05) is 6.07 Å². The molecule has 0 saturated carbocycles. The molecule has 0 bridgehead atoms. The van der Waals surface area contributed by atoms with Crippen LogP contribution < -0.4 is 10.1 Å². The van der Waals surface area contributed by atoms with E-state index in [4.69, 9.17) is 9.47 Å². The lowest BCUT2D eigenvalue weighted by Crippen LogP contribution is -2.41. The average molecular weight is 502 g/mol. The van der Waals surface area contributed by atoms with Crippen LogP contribution in [0.4, 0.5) is 9.18 Å². The zero-order chi connectivity index (χ0) is 25.2. The molecule has 2 aromatic rings. The van der Waals surface area contributed by atoms with E-state index in [9.17, 15) is 18.8 Å². The third-order valence-corrected chi connectivity index (χ3v) is 6.69. The van der Waals surface area contributed by atoms with Crippen molar-refractivity contribution in [3.05, 3.63) is 51.2 Å². The van der Waals surface area contributed by atoms with Crippen molar-refractivity contribution in [3.63, 3.8) is 0 Å². The molecule has 0 aliphatic carbocycles. The second-order valence-corrected chi connectivity index (χ2v) is 10.5. The number of carbonyl (C=O) groups excluding carboxylic acids is 3. The number of ether oxygens (including phenoxy) is 2. The number of likely N-dealkylation sites (tertiary alicyclic amines) is 1. The largest absolute Gasteiger partial charge is 0.484 e. The van der Waals surface area contributed by atoms with E-state index in [0.717, 1.165) is 17.8 Å². The van der Waals surface area contributed by atoms with Gasteiger partial charge in [0.25, 0.3) is 5.91 Å². The van der Waals surface area contributed by atoms with Gasteiger partial charge in [-0.05, 0) is 57.4 Å². The summed E-state index contributed by atoms with van der Waals surface area (Å²) in [7, 11) is 0. The Morgan fingerprint density at radius 3 is 2.66 bits per heavy atom. The summed E-state index contributed by atoms with van der Waals surface area (Å²) in [6, 6.07) is 4.39. The van der Waals surface area contributed by atoms with E-state index in [1.807, 2.05) is 26.2 Å². The van der Waals surface area contributed by atoms with Crippen LogP contribution in [0.25, 0.3) is 6.08 Å². The van der Waals surface area contributed by atoms with Crippen LogP contribution in [-0.4, -0.2) is 46.5 Å². The van der Waals surface area contributed by atoms with Crippen molar-refractivity contribution < 1.29 is 28.2 Å². The van der Waals surface area contributed by atoms with Crippen molar-refractivity contribution in [3.8, 4) is 5.75 Å². The summed E-state index contributed by atoms with van der Waals surface area (Å²) < 4.78 is 25.6. The summed E-state index contributed by atoms with van der Waals surface area (Å²) in [5.41, 5.74) is 0.979. The first kappa shape index (κ1) is 24.8. The quantitative estimate of drug-likeness (QED) is 0.482. The van der Waals surface area contributed by atoms with Crippen LogP contribution in [0, 0.1) is 5.82 Å². The van der Waals surface area contributed by atoms with Gasteiger partial charge >= 0.3 is 6.09 Å². The number of aromatic nitrogens is 1. The third-order valence-electron chi connectivity index (χ3n) is 5.63. The number of nitrogens with one attached hydrogen (secondary N) is 1. The monoisotopic (exact) mass is 501 g/mol. The first-order chi connectivity index (χ1) is 16.6. The molecule has 0 radical (unpaired) electrons. The molecule has 2 fully saturated rings. The minimum Gasteiger partial charge on any atom is -0.484 e. The molecule has 1 aromatic carbocycles. The molecule has 2 aliphatic heterocycles. The maximum atomic E-state index is 14.5. The van der Waals surface area contributed by atoms with Crippen LogP contribution in [0.3, 0.4) is 0 Å². The van der Waals surface area contributed by atoms with E-state index >= 15 is 0 Å². The number of piperidine rings is 1. The van der Waals surface area contributed by atoms with E-state index < -0.39 is 17.3 Å². The highest BCUT2D eigenvalue weighted by Crippen LogP contribution is 2.31. The number of amides is 3. The van der Waals surface area contributed by atoms with Crippen molar-refractivity contribution in [2.75, 3.05) is 13.1 Å². The van der Waals surface area contributed by atoms with E-state index in [1.54, 1.807) is 22.3 Å². The number of nitrogens with zero attached hydrogens (tertiary/aromatic N) is 2. The molecule has 3 amide bonds. The van der Waals surface area contributed by atoms with Gasteiger partial charge in [0.2, 0.25) is 5.91 Å². The molecule has 2 saturated heterocycles. The standard InChI is InChI=1S/C25H28FN3O5S/c1-25(2,3)34-24(32)29-8-6-16(7-9-29)23-27-18(14-35-23)13-33-20-5-4-15(11-19(20)26)10-17-12-21(30)28-22(17)31/h4-5,10-11,14,16H,6-9,12-13H2,1-3H3,(H,28,30,31)/b17-10+. The van der Waals surface area contributed by atoms with Crippen molar-refractivity contribution >= 4 is 35.3 Å². The zero-order valence-electron chi connectivity index (χ0n) is 19.9. The number of hydrogen-bond donors (Lipinski definition) is 1. The Kier molecular flexibility index (Phi) is 7.20. The molecule has 1 N–H and O–H groups in total. The molecule has 10 heteroatoms. The number of hydrogen-bond acceptors (Lipinski definition) is 7. The van der Waals surface area contributed by atoms with E-state index in [2.05, 4.69) is 10.3 Å². The number of imide groups is 1. The molecule has 4 rings (SSSR count). The fraction of sp³-hybridized carbons (Fsp3) is 0.440. The molecule has 1 aromatic heterocycles. The number of thiazole rings is 1. The second kappa shape index (κ2) is 10.2. The molecule has 0 unspecified atom stereocenters. The normalized spacial score (nSPS) is 18.2. The second-order valence-electron chi connectivity index (χ2n) is 9.62. The number of benzene rings is 1. The third kappa shape index (κ3) is 6.45. The Bertz CT molecular complexity index is 1160. The number of carbonyl (C=O) groups is 3. The maximum Gasteiger partial charge on any atom is 0.410 e. The molecule has 186 valence electrons. The molecular weight excluding hydrogens is 473 g/mol. The fourth-order valence-electron chi connectivity index (χ4n) is 3.91. The minimum absolute atomic E-state index is 0.00904. The van der Waals surface area contributed by atoms with Crippen molar-refractivity contribution in [2.24, 2.45) is 0 Å². The lowest BCUT2D eigenvalue weighted by molar-refractivity contribution is -0.124. The molecular formula is C25H28FN3O5S. The van der Waals surface area contributed by atoms with Gasteiger partial charge in [-0.15, -0.1) is 11.3 Å². The average Bonchev–Trinajstić information content (AvgIpc) is 3.38. The van der Waals surface area contributed by atoms with Crippen molar-refractivity contribution in [2.45, 2.75) is 58.2 Å². The molecule has 8 nitrogen and oxygen atoms in total. The first-order valence-corrected chi connectivity index (χ1v) is 12.3. The first-order valence-electron chi connectivity index (χ1n) is 11.5. The van der Waals surface area contributed by atoms with E-state index in [0.29, 0.717) is 29.9 Å². The van der Waals surface area contributed by atoms with Gasteiger partial charge in [0.05, 0.1) is 17.1 Å². The van der Waals surface area contributed by atoms with Gasteiger partial charge in [-0.2, -0.15) is 0 Å². The Morgan fingerprint density at radius 1 is 1.29 bits per heavy atom. The summed E-state index contributed by atoms with van der Waals surface area (Å²) in [4.78, 5) is 41.6. The molecule has 35 heavy (non-hydrogen) atoms. The predicted octanol–water partition coefficient (Wildman–Crippen LogP) is 4.41. The summed E-state index contributed by atoms with van der Waals surface area (Å²) in [5.74, 6) is -1.03. The fourth-order valence-corrected chi connectivity index (χ4v) is 4.89. The van der Waals surface area contributed by atoms with Crippen LogP contribution in [0.5, 0.6) is 5.75 Å². The summed E-state index contributed by atoms with van der Waals surface area (Å²) in [5, 5.41) is 5.09. The lowest BCUT2D eigenvalue weighted by atomic mass is 9.98. The van der Waals surface area contributed by atoms with Crippen LogP contribution in [-0.2, 0) is 20.9 Å². The van der Waals surface area contributed by atoms with E-state index in [-0.39, 0.29) is 36.7 Å². The maximum absolute atomic E-state index is 14.5. The van der Waals surface area contributed by atoms with Crippen LogP contribution >= 0.6 is 11.3 Å². The predicted molar refractivity (Wildman–Crippen MR) is 128 cm³/mol. The Balaban J connectivity index is 1.30. The minimum atomic E-state index is -0.561. The van der Waals surface area contributed by atoms with Gasteiger partial charge in [-0.25, -0.2) is 14.2 Å². The topological polar surface area (TPSA) is 97.8 Å². The lowest BCUT2D eigenvalue weighted by Gasteiger charge is -2.32. The highest BCUT2D eigenvalue weighted by molar-refractivity contribution is 7.09. The van der Waals surface area contributed by atoms with Gasteiger partial charge in [0.1, 0.15) is 12.2 Å². The number of rotatable bonds is 5. The van der Waals surface area contributed by atoms with Crippen molar-refractivity contribution in [1.29, 1.82) is 0 Å². The van der Waals surface area contributed by atoms with Crippen LogP contribution in [0.15, 0.2) is 29.2 Å². The van der Waals surface area contributed by atoms with Gasteiger partial charge < -0.3 is 14.4 Å². The Morgan fingerprint density at radius 2 is 2.03 bits per heavy atom. The summed E-state index contributed by atoms with van der Waals surface area (Å²) in [6.07, 6.45) is 2.82. The molecule has 2 aliphatic rings. The smallest absolute Gasteiger partial charge is 0.410 e.